The molecular formula is C17H23NO3. The Morgan fingerprint density at radius 1 is 1.19 bits per heavy atom. The number of hydrogen-bond acceptors (Lipinski definition) is 2. The maximum absolute atomic E-state index is 12.5. The first-order chi connectivity index (χ1) is 10.0. The van der Waals surface area contributed by atoms with E-state index in [1.54, 1.807) is 0 Å². The van der Waals surface area contributed by atoms with Crippen molar-refractivity contribution in [2.75, 3.05) is 0 Å². The minimum absolute atomic E-state index is 0.120. The summed E-state index contributed by atoms with van der Waals surface area (Å²) in [5, 5.41) is 12.1. The van der Waals surface area contributed by atoms with Gasteiger partial charge < -0.3 is 10.4 Å². The monoisotopic (exact) mass is 289 g/mol. The van der Waals surface area contributed by atoms with E-state index in [0.29, 0.717) is 6.42 Å². The number of aliphatic carboxylic acids is 1. The predicted octanol–water partition coefficient (Wildman–Crippen LogP) is 2.77. The highest BCUT2D eigenvalue weighted by Crippen LogP contribution is 2.35. The van der Waals surface area contributed by atoms with E-state index < -0.39 is 17.4 Å². The van der Waals surface area contributed by atoms with Gasteiger partial charge in [0.15, 0.2) is 0 Å². The predicted molar refractivity (Wildman–Crippen MR) is 80.9 cm³/mol. The van der Waals surface area contributed by atoms with Crippen LogP contribution in [-0.4, -0.2) is 23.0 Å². The lowest BCUT2D eigenvalue weighted by atomic mass is 9.75. The number of carboxylic acid groups (broad SMARTS) is 1. The first-order valence-electron chi connectivity index (χ1n) is 7.59. The van der Waals surface area contributed by atoms with Crippen LogP contribution < -0.4 is 5.32 Å². The van der Waals surface area contributed by atoms with Crippen molar-refractivity contribution in [3.63, 3.8) is 0 Å². The molecule has 4 nitrogen and oxygen atoms in total. The van der Waals surface area contributed by atoms with E-state index in [4.69, 9.17) is 0 Å². The molecule has 0 aromatic heterocycles. The number of carbonyl (C=O) groups excluding carboxylic acids is 1. The second kappa shape index (κ2) is 6.74. The smallest absolute Gasteiger partial charge is 0.326 e. The van der Waals surface area contributed by atoms with Gasteiger partial charge in [0, 0.05) is 11.8 Å². The summed E-state index contributed by atoms with van der Waals surface area (Å²) in [5.41, 5.74) is 0.502. The summed E-state index contributed by atoms with van der Waals surface area (Å²) >= 11 is 0. The van der Waals surface area contributed by atoms with Gasteiger partial charge in [0.1, 0.15) is 6.04 Å². The van der Waals surface area contributed by atoms with Gasteiger partial charge >= 0.3 is 5.97 Å². The number of rotatable bonds is 5. The van der Waals surface area contributed by atoms with Gasteiger partial charge in [-0.3, -0.25) is 4.79 Å². The summed E-state index contributed by atoms with van der Waals surface area (Å²) in [6, 6.07) is 8.53. The molecule has 21 heavy (non-hydrogen) atoms. The zero-order valence-electron chi connectivity index (χ0n) is 12.5. The van der Waals surface area contributed by atoms with Crippen LogP contribution in [0.15, 0.2) is 30.3 Å². The Hall–Kier alpha value is -1.84. The molecule has 0 spiro atoms. The molecule has 1 amide bonds. The average molecular weight is 289 g/mol. The van der Waals surface area contributed by atoms with E-state index in [2.05, 4.69) is 5.32 Å². The Kier molecular flexibility index (Phi) is 4.99. The number of carbonyl (C=O) groups is 2. The molecule has 2 rings (SSSR count). The molecule has 4 heteroatoms. The van der Waals surface area contributed by atoms with Gasteiger partial charge in [0.05, 0.1) is 0 Å². The van der Waals surface area contributed by atoms with E-state index in [1.807, 2.05) is 37.3 Å². The van der Waals surface area contributed by atoms with Crippen molar-refractivity contribution < 1.29 is 14.7 Å². The Labute approximate surface area is 125 Å². The van der Waals surface area contributed by atoms with Gasteiger partial charge in [-0.1, -0.05) is 56.5 Å². The molecule has 0 unspecified atom stereocenters. The zero-order valence-corrected chi connectivity index (χ0v) is 12.5. The van der Waals surface area contributed by atoms with Crippen LogP contribution in [0.1, 0.15) is 44.6 Å². The summed E-state index contributed by atoms with van der Waals surface area (Å²) in [5.74, 6) is -1.10. The zero-order chi connectivity index (χ0) is 15.3. The van der Waals surface area contributed by atoms with Crippen LogP contribution in [0.25, 0.3) is 0 Å². The highest BCUT2D eigenvalue weighted by atomic mass is 16.4. The second-order valence-corrected chi connectivity index (χ2v) is 6.18. The lowest BCUT2D eigenvalue weighted by Gasteiger charge is -2.33. The normalized spacial score (nSPS) is 18.7. The summed E-state index contributed by atoms with van der Waals surface area (Å²) in [6.45, 7) is 1.95. The Morgan fingerprint density at radius 3 is 2.38 bits per heavy atom. The van der Waals surface area contributed by atoms with Crippen LogP contribution in [0.5, 0.6) is 0 Å². The molecule has 1 aliphatic rings. The van der Waals surface area contributed by atoms with Crippen molar-refractivity contribution in [2.24, 2.45) is 5.41 Å². The first-order valence-corrected chi connectivity index (χ1v) is 7.59. The second-order valence-electron chi connectivity index (χ2n) is 6.18. The van der Waals surface area contributed by atoms with Gasteiger partial charge in [-0.15, -0.1) is 0 Å². The summed E-state index contributed by atoms with van der Waals surface area (Å²) in [4.78, 5) is 23.9. The SMILES string of the molecule is CC1(C(=O)N[C@@H](Cc2ccccc2)C(=O)O)CCCCC1. The largest absolute Gasteiger partial charge is 0.480 e. The van der Waals surface area contributed by atoms with Gasteiger partial charge in [0.2, 0.25) is 5.91 Å². The Morgan fingerprint density at radius 2 is 1.81 bits per heavy atom. The van der Waals surface area contributed by atoms with Gasteiger partial charge in [-0.2, -0.15) is 0 Å². The van der Waals surface area contributed by atoms with Crippen LogP contribution in [0.2, 0.25) is 0 Å². The maximum Gasteiger partial charge on any atom is 0.326 e. The quantitative estimate of drug-likeness (QED) is 0.876. The molecule has 0 saturated heterocycles. The van der Waals surface area contributed by atoms with Crippen LogP contribution >= 0.6 is 0 Å². The minimum atomic E-state index is -0.980. The average Bonchev–Trinajstić information content (AvgIpc) is 2.48. The van der Waals surface area contributed by atoms with Crippen LogP contribution in [0.4, 0.5) is 0 Å². The number of nitrogens with one attached hydrogen (secondary N) is 1. The van der Waals surface area contributed by atoms with Crippen LogP contribution in [0.3, 0.4) is 0 Å². The molecule has 1 atom stereocenters. The van der Waals surface area contributed by atoms with Gasteiger partial charge in [0.25, 0.3) is 0 Å². The molecule has 1 aromatic rings. The van der Waals surface area contributed by atoms with E-state index in [1.165, 1.54) is 0 Å². The third-order valence-electron chi connectivity index (χ3n) is 4.39. The molecule has 0 heterocycles. The summed E-state index contributed by atoms with van der Waals surface area (Å²) < 4.78 is 0. The summed E-state index contributed by atoms with van der Waals surface area (Å²) in [6.07, 6.45) is 5.25. The van der Waals surface area contributed by atoms with Crippen LogP contribution in [0, 0.1) is 5.41 Å². The van der Waals surface area contributed by atoms with Crippen molar-refractivity contribution in [3.8, 4) is 0 Å². The fourth-order valence-corrected chi connectivity index (χ4v) is 2.94. The number of carboxylic acids is 1. The van der Waals surface area contributed by atoms with E-state index in [-0.39, 0.29) is 5.91 Å². The van der Waals surface area contributed by atoms with Crippen molar-refractivity contribution in [3.05, 3.63) is 35.9 Å². The Balaban J connectivity index is 2.02. The lowest BCUT2D eigenvalue weighted by Crippen LogP contribution is -2.49. The van der Waals surface area contributed by atoms with E-state index in [9.17, 15) is 14.7 Å². The Bertz CT molecular complexity index is 492. The molecular weight excluding hydrogens is 266 g/mol. The van der Waals surface area contributed by atoms with Crippen molar-refractivity contribution >= 4 is 11.9 Å². The van der Waals surface area contributed by atoms with E-state index in [0.717, 1.165) is 37.7 Å². The molecule has 2 N–H and O–H groups in total. The molecule has 0 aliphatic heterocycles. The highest BCUT2D eigenvalue weighted by molar-refractivity contribution is 5.87. The van der Waals surface area contributed by atoms with Crippen LogP contribution in [-0.2, 0) is 16.0 Å². The molecule has 1 saturated carbocycles. The topological polar surface area (TPSA) is 66.4 Å². The molecule has 114 valence electrons. The fraction of sp³-hybridized carbons (Fsp3) is 0.529. The fourth-order valence-electron chi connectivity index (χ4n) is 2.94. The standard InChI is InChI=1S/C17H23NO3/c1-17(10-6-3-7-11-17)16(21)18-14(15(19)20)12-13-8-4-2-5-9-13/h2,4-5,8-9,14H,3,6-7,10-12H2,1H3,(H,18,21)(H,19,20)/t14-/m0/s1. The van der Waals surface area contributed by atoms with Crippen molar-refractivity contribution in [1.82, 2.24) is 5.32 Å². The lowest BCUT2D eigenvalue weighted by molar-refractivity contribution is -0.144. The number of hydrogen-bond donors (Lipinski definition) is 2. The third-order valence-corrected chi connectivity index (χ3v) is 4.39. The molecule has 1 aromatic carbocycles. The minimum Gasteiger partial charge on any atom is -0.480 e. The third kappa shape index (κ3) is 4.06. The molecule has 0 radical (unpaired) electrons. The summed E-state index contributed by atoms with van der Waals surface area (Å²) in [7, 11) is 0. The maximum atomic E-state index is 12.5. The van der Waals surface area contributed by atoms with Crippen molar-refractivity contribution in [2.45, 2.75) is 51.5 Å². The molecule has 0 bridgehead atoms. The molecule has 1 aliphatic carbocycles. The first kappa shape index (κ1) is 15.5. The molecule has 1 fully saturated rings. The number of benzene rings is 1. The van der Waals surface area contributed by atoms with Gasteiger partial charge in [-0.25, -0.2) is 4.79 Å². The highest BCUT2D eigenvalue weighted by Gasteiger charge is 2.36. The van der Waals surface area contributed by atoms with E-state index >= 15 is 0 Å². The van der Waals surface area contributed by atoms with Gasteiger partial charge in [-0.05, 0) is 18.4 Å². The van der Waals surface area contributed by atoms with Crippen molar-refractivity contribution in [1.29, 1.82) is 0 Å². The number of amides is 1.